The molecule has 1 heterocycles. The predicted molar refractivity (Wildman–Crippen MR) is 122 cm³/mol. The third-order valence-electron chi connectivity index (χ3n) is 5.62. The van der Waals surface area contributed by atoms with Gasteiger partial charge in [0.1, 0.15) is 17.1 Å². The summed E-state index contributed by atoms with van der Waals surface area (Å²) < 4.78 is 12.0. The Morgan fingerprint density at radius 1 is 1.10 bits per heavy atom. The van der Waals surface area contributed by atoms with Crippen molar-refractivity contribution in [2.45, 2.75) is 53.4 Å². The number of nitrogens with one attached hydrogen (secondary N) is 1. The lowest BCUT2D eigenvalue weighted by Gasteiger charge is -2.12. The van der Waals surface area contributed by atoms with Crippen LogP contribution in [0.1, 0.15) is 54.7 Å². The predicted octanol–water partition coefficient (Wildman–Crippen LogP) is 6.37. The normalized spacial score (nSPS) is 13.9. The monoisotopic (exact) mass is 403 g/mol. The lowest BCUT2D eigenvalue weighted by atomic mass is 9.94. The van der Waals surface area contributed by atoms with Crippen molar-refractivity contribution in [3.05, 3.63) is 64.4 Å². The Kier molecular flexibility index (Phi) is 5.67. The Morgan fingerprint density at radius 3 is 2.57 bits per heavy atom. The second-order valence-corrected chi connectivity index (χ2v) is 8.18. The SMILES string of the molecule is CCOc1cc2oc3c(c2cc1/C(C)=C/C(=O)Nc1cc(C)cc(C)c1)CCCC3. The highest BCUT2D eigenvalue weighted by atomic mass is 16.5. The molecule has 0 radical (unpaired) electrons. The number of amides is 1. The maximum atomic E-state index is 12.7. The largest absolute Gasteiger partial charge is 0.493 e. The van der Waals surface area contributed by atoms with Gasteiger partial charge in [0.2, 0.25) is 5.91 Å². The fourth-order valence-corrected chi connectivity index (χ4v) is 4.37. The molecule has 0 fully saturated rings. The van der Waals surface area contributed by atoms with E-state index in [1.54, 1.807) is 6.08 Å². The van der Waals surface area contributed by atoms with E-state index in [0.717, 1.165) is 63.3 Å². The van der Waals surface area contributed by atoms with Crippen LogP contribution in [0.3, 0.4) is 0 Å². The molecule has 0 aliphatic heterocycles. The van der Waals surface area contributed by atoms with Crippen LogP contribution in [0.25, 0.3) is 16.5 Å². The van der Waals surface area contributed by atoms with Gasteiger partial charge >= 0.3 is 0 Å². The first-order valence-electron chi connectivity index (χ1n) is 10.7. The molecular weight excluding hydrogens is 374 g/mol. The summed E-state index contributed by atoms with van der Waals surface area (Å²) >= 11 is 0. The molecule has 1 N–H and O–H groups in total. The minimum atomic E-state index is -0.144. The molecule has 30 heavy (non-hydrogen) atoms. The zero-order valence-corrected chi connectivity index (χ0v) is 18.2. The fourth-order valence-electron chi connectivity index (χ4n) is 4.37. The summed E-state index contributed by atoms with van der Waals surface area (Å²) in [6.07, 6.45) is 6.06. The molecule has 4 rings (SSSR count). The molecule has 156 valence electrons. The number of hydrogen-bond acceptors (Lipinski definition) is 3. The van der Waals surface area contributed by atoms with E-state index < -0.39 is 0 Å². The van der Waals surface area contributed by atoms with Crippen LogP contribution in [0.2, 0.25) is 0 Å². The van der Waals surface area contributed by atoms with Gasteiger partial charge in [-0.3, -0.25) is 4.79 Å². The van der Waals surface area contributed by atoms with E-state index >= 15 is 0 Å². The molecule has 1 aromatic heterocycles. The smallest absolute Gasteiger partial charge is 0.248 e. The first-order valence-corrected chi connectivity index (χ1v) is 10.7. The quantitative estimate of drug-likeness (QED) is 0.504. The number of ether oxygens (including phenoxy) is 1. The summed E-state index contributed by atoms with van der Waals surface area (Å²) in [5.41, 5.74) is 7.06. The average molecular weight is 404 g/mol. The van der Waals surface area contributed by atoms with Crippen molar-refractivity contribution in [3.8, 4) is 5.75 Å². The molecule has 1 aliphatic carbocycles. The Morgan fingerprint density at radius 2 is 1.83 bits per heavy atom. The van der Waals surface area contributed by atoms with Crippen LogP contribution in [-0.2, 0) is 17.6 Å². The lowest BCUT2D eigenvalue weighted by molar-refractivity contribution is -0.111. The number of hydrogen-bond donors (Lipinski definition) is 1. The topological polar surface area (TPSA) is 51.5 Å². The standard InChI is InChI=1S/C26H29NO3/c1-5-29-24-15-25-22(20-8-6-7-9-23(20)30-25)14-21(24)18(4)13-26(28)27-19-11-16(2)10-17(3)12-19/h10-15H,5-9H2,1-4H3,(H,27,28)/b18-13+. The van der Waals surface area contributed by atoms with E-state index in [1.807, 2.05) is 45.9 Å². The van der Waals surface area contributed by atoms with Crippen molar-refractivity contribution in [1.82, 2.24) is 0 Å². The number of carbonyl (C=O) groups is 1. The molecule has 3 aromatic rings. The molecule has 0 atom stereocenters. The number of carbonyl (C=O) groups excluding carboxylic acids is 1. The van der Waals surface area contributed by atoms with Crippen molar-refractivity contribution in [1.29, 1.82) is 0 Å². The van der Waals surface area contributed by atoms with Crippen LogP contribution in [-0.4, -0.2) is 12.5 Å². The number of aryl methyl sites for hydroxylation is 4. The maximum absolute atomic E-state index is 12.7. The molecule has 0 bridgehead atoms. The van der Waals surface area contributed by atoms with Gasteiger partial charge in [-0.25, -0.2) is 0 Å². The summed E-state index contributed by atoms with van der Waals surface area (Å²) in [6, 6.07) is 10.1. The molecular formula is C26H29NO3. The minimum Gasteiger partial charge on any atom is -0.493 e. The van der Waals surface area contributed by atoms with E-state index in [1.165, 1.54) is 18.4 Å². The van der Waals surface area contributed by atoms with Gasteiger partial charge in [-0.2, -0.15) is 0 Å². The first kappa shape index (κ1) is 20.3. The molecule has 2 aromatic carbocycles. The van der Waals surface area contributed by atoms with Crippen molar-refractivity contribution in [3.63, 3.8) is 0 Å². The fraction of sp³-hybridized carbons (Fsp3) is 0.346. The maximum Gasteiger partial charge on any atom is 0.248 e. The highest BCUT2D eigenvalue weighted by Crippen LogP contribution is 2.38. The van der Waals surface area contributed by atoms with E-state index in [4.69, 9.17) is 9.15 Å². The van der Waals surface area contributed by atoms with Crippen molar-refractivity contribution >= 4 is 28.1 Å². The molecule has 4 nitrogen and oxygen atoms in total. The molecule has 4 heteroatoms. The van der Waals surface area contributed by atoms with Gasteiger partial charge in [0.15, 0.2) is 0 Å². The second-order valence-electron chi connectivity index (χ2n) is 8.18. The number of fused-ring (bicyclic) bond motifs is 3. The molecule has 0 saturated heterocycles. The number of rotatable bonds is 5. The molecule has 1 aliphatic rings. The number of allylic oxidation sites excluding steroid dienone is 1. The van der Waals surface area contributed by atoms with Crippen LogP contribution in [0.15, 0.2) is 40.8 Å². The number of furan rings is 1. The van der Waals surface area contributed by atoms with E-state index in [2.05, 4.69) is 17.4 Å². The Hall–Kier alpha value is -3.01. The minimum absolute atomic E-state index is 0.144. The van der Waals surface area contributed by atoms with Crippen molar-refractivity contribution in [2.24, 2.45) is 0 Å². The summed E-state index contributed by atoms with van der Waals surface area (Å²) in [5.74, 6) is 1.71. The zero-order chi connectivity index (χ0) is 21.3. The van der Waals surface area contributed by atoms with Crippen LogP contribution >= 0.6 is 0 Å². The van der Waals surface area contributed by atoms with Gasteiger partial charge in [-0.1, -0.05) is 6.07 Å². The van der Waals surface area contributed by atoms with Crippen LogP contribution in [0.4, 0.5) is 5.69 Å². The van der Waals surface area contributed by atoms with E-state index in [0.29, 0.717) is 6.61 Å². The molecule has 0 spiro atoms. The third-order valence-corrected chi connectivity index (χ3v) is 5.62. The van der Waals surface area contributed by atoms with Gasteiger partial charge in [0, 0.05) is 40.8 Å². The second kappa shape index (κ2) is 8.39. The number of benzene rings is 2. The first-order chi connectivity index (χ1) is 14.4. The molecule has 0 unspecified atom stereocenters. The summed E-state index contributed by atoms with van der Waals surface area (Å²) in [7, 11) is 0. The van der Waals surface area contributed by atoms with Crippen LogP contribution in [0.5, 0.6) is 5.75 Å². The summed E-state index contributed by atoms with van der Waals surface area (Å²) in [4.78, 5) is 12.7. The van der Waals surface area contributed by atoms with Gasteiger partial charge in [-0.05, 0) is 81.9 Å². The summed E-state index contributed by atoms with van der Waals surface area (Å²) in [5, 5.41) is 4.13. The van der Waals surface area contributed by atoms with E-state index in [9.17, 15) is 4.79 Å². The van der Waals surface area contributed by atoms with Gasteiger partial charge in [0.25, 0.3) is 0 Å². The van der Waals surface area contributed by atoms with Crippen molar-refractivity contribution in [2.75, 3.05) is 11.9 Å². The highest BCUT2D eigenvalue weighted by molar-refractivity contribution is 6.04. The average Bonchev–Trinajstić information content (AvgIpc) is 3.04. The zero-order valence-electron chi connectivity index (χ0n) is 18.2. The summed E-state index contributed by atoms with van der Waals surface area (Å²) in [6.45, 7) is 8.53. The van der Waals surface area contributed by atoms with Gasteiger partial charge in [-0.15, -0.1) is 0 Å². The third kappa shape index (κ3) is 4.13. The van der Waals surface area contributed by atoms with Crippen molar-refractivity contribution < 1.29 is 13.9 Å². The number of anilines is 1. The molecule has 0 saturated carbocycles. The molecule has 1 amide bonds. The Labute approximate surface area is 177 Å². The van der Waals surface area contributed by atoms with Gasteiger partial charge in [0.05, 0.1) is 6.61 Å². The Bertz CT molecular complexity index is 1120. The van der Waals surface area contributed by atoms with Crippen LogP contribution < -0.4 is 10.1 Å². The lowest BCUT2D eigenvalue weighted by Crippen LogP contribution is -2.09. The highest BCUT2D eigenvalue weighted by Gasteiger charge is 2.20. The van der Waals surface area contributed by atoms with E-state index in [-0.39, 0.29) is 5.91 Å². The van der Waals surface area contributed by atoms with Gasteiger partial charge < -0.3 is 14.5 Å². The van der Waals surface area contributed by atoms with Crippen LogP contribution in [0, 0.1) is 13.8 Å². The Balaban J connectivity index is 1.68.